The van der Waals surface area contributed by atoms with E-state index in [0.29, 0.717) is 52.0 Å². The van der Waals surface area contributed by atoms with Crippen molar-refractivity contribution >= 4 is 35.0 Å². The molecule has 0 radical (unpaired) electrons. The van der Waals surface area contributed by atoms with Crippen LogP contribution >= 0.6 is 23.2 Å². The minimum Gasteiger partial charge on any atom is -0.476 e. The Morgan fingerprint density at radius 2 is 1.94 bits per heavy atom. The number of piperidine rings is 1. The molecule has 3 N–H and O–H groups in total. The summed E-state index contributed by atoms with van der Waals surface area (Å²) in [5.41, 5.74) is 8.16. The van der Waals surface area contributed by atoms with E-state index in [1.54, 1.807) is 18.2 Å². The molecule has 0 amide bonds. The van der Waals surface area contributed by atoms with Crippen molar-refractivity contribution in [1.29, 1.82) is 0 Å². The summed E-state index contributed by atoms with van der Waals surface area (Å²) in [5, 5.41) is 10.6. The Labute approximate surface area is 203 Å². The first-order chi connectivity index (χ1) is 15.8. The summed E-state index contributed by atoms with van der Waals surface area (Å²) in [6.45, 7) is 3.19. The number of ether oxygens (including phenoxy) is 1. The van der Waals surface area contributed by atoms with Gasteiger partial charge in [-0.05, 0) is 56.9 Å². The Hall–Kier alpha value is -1.93. The molecular weight excluding hydrogens is 463 g/mol. The molecule has 1 aromatic carbocycles. The van der Waals surface area contributed by atoms with Gasteiger partial charge in [0.05, 0.1) is 33.6 Å². The van der Waals surface area contributed by atoms with Crippen molar-refractivity contribution in [2.45, 2.75) is 63.7 Å². The Kier molecular flexibility index (Phi) is 6.02. The second kappa shape index (κ2) is 8.69. The fourth-order valence-corrected chi connectivity index (χ4v) is 5.74. The highest BCUT2D eigenvalue weighted by atomic mass is 35.5. The van der Waals surface area contributed by atoms with Crippen molar-refractivity contribution in [3.8, 4) is 11.3 Å². The zero-order valence-electron chi connectivity index (χ0n) is 18.6. The third kappa shape index (κ3) is 4.32. The minimum absolute atomic E-state index is 0.0518. The fourth-order valence-electron chi connectivity index (χ4n) is 5.35. The van der Waals surface area contributed by atoms with E-state index < -0.39 is 5.97 Å². The molecule has 0 bridgehead atoms. The van der Waals surface area contributed by atoms with Crippen LogP contribution in [-0.2, 0) is 4.74 Å². The normalized spacial score (nSPS) is 24.4. The molecule has 1 spiro atoms. The summed E-state index contributed by atoms with van der Waals surface area (Å²) in [6, 6.07) is 5.32. The maximum Gasteiger partial charge on any atom is 0.358 e. The van der Waals surface area contributed by atoms with Crippen LogP contribution in [0.4, 0.5) is 5.82 Å². The number of hydrogen-bond acceptors (Lipinski definition) is 6. The summed E-state index contributed by atoms with van der Waals surface area (Å²) in [5.74, 6) is -0.721. The fraction of sp³-hybridized carbons (Fsp3) is 0.542. The van der Waals surface area contributed by atoms with Crippen molar-refractivity contribution in [2.24, 2.45) is 11.1 Å². The van der Waals surface area contributed by atoms with E-state index in [1.165, 1.54) is 12.8 Å². The van der Waals surface area contributed by atoms with Crippen LogP contribution in [0.25, 0.3) is 11.3 Å². The van der Waals surface area contributed by atoms with Gasteiger partial charge in [-0.15, -0.1) is 0 Å². The molecule has 1 saturated heterocycles. The zero-order valence-corrected chi connectivity index (χ0v) is 20.1. The lowest BCUT2D eigenvalue weighted by molar-refractivity contribution is 0.0335. The van der Waals surface area contributed by atoms with E-state index >= 15 is 0 Å². The number of aromatic carboxylic acids is 1. The summed E-state index contributed by atoms with van der Waals surface area (Å²) >= 11 is 12.5. The Balaban J connectivity index is 1.39. The molecule has 3 fully saturated rings. The van der Waals surface area contributed by atoms with Crippen molar-refractivity contribution in [3.63, 3.8) is 0 Å². The maximum atomic E-state index is 12.1. The Morgan fingerprint density at radius 1 is 1.21 bits per heavy atom. The lowest BCUT2D eigenvalue weighted by atomic mass is 9.74. The molecule has 2 heterocycles. The van der Waals surface area contributed by atoms with E-state index in [-0.39, 0.29) is 23.3 Å². The van der Waals surface area contributed by atoms with Crippen LogP contribution in [0.3, 0.4) is 0 Å². The summed E-state index contributed by atoms with van der Waals surface area (Å²) < 4.78 is 6.16. The monoisotopic (exact) mass is 490 g/mol. The van der Waals surface area contributed by atoms with E-state index in [2.05, 4.69) is 9.97 Å². The number of aryl methyl sites for hydroxylation is 1. The van der Waals surface area contributed by atoms with Gasteiger partial charge in [0.15, 0.2) is 11.5 Å². The molecule has 7 nitrogen and oxygen atoms in total. The molecule has 1 aromatic heterocycles. The minimum atomic E-state index is -1.12. The van der Waals surface area contributed by atoms with E-state index in [1.807, 2.05) is 11.8 Å². The standard InChI is InChI=1S/C24H28Cl2N4O3/c1-13-20(16-3-2-4-17(25)19(16)26)29-21(23(31)32)22(28-13)30-9-7-24(8-10-30)12-15(11-18(24)27)33-14-5-6-14/h2-4,14-15,18H,5-12,27H2,1H3,(H,31,32)/t15-,18+/m0/s1. The largest absolute Gasteiger partial charge is 0.476 e. The first kappa shape index (κ1) is 22.8. The van der Waals surface area contributed by atoms with Crippen molar-refractivity contribution in [3.05, 3.63) is 39.6 Å². The van der Waals surface area contributed by atoms with E-state index in [4.69, 9.17) is 33.7 Å². The summed E-state index contributed by atoms with van der Waals surface area (Å²) in [6.07, 6.45) is 6.68. The molecule has 176 valence electrons. The van der Waals surface area contributed by atoms with Gasteiger partial charge in [-0.25, -0.2) is 14.8 Å². The SMILES string of the molecule is Cc1nc(N2CCC3(CC2)C[C@@H](OC2CC2)C[C@H]3N)c(C(=O)O)nc1-c1cccc(Cl)c1Cl. The van der Waals surface area contributed by atoms with Crippen LogP contribution in [0.1, 0.15) is 54.7 Å². The average molecular weight is 491 g/mol. The van der Waals surface area contributed by atoms with Crippen LogP contribution in [0.2, 0.25) is 10.0 Å². The summed E-state index contributed by atoms with van der Waals surface area (Å²) in [7, 11) is 0. The zero-order chi connectivity index (χ0) is 23.3. The predicted octanol–water partition coefficient (Wildman–Crippen LogP) is 4.71. The first-order valence-electron chi connectivity index (χ1n) is 11.5. The first-order valence-corrected chi connectivity index (χ1v) is 12.3. The highest BCUT2D eigenvalue weighted by molar-refractivity contribution is 6.43. The van der Waals surface area contributed by atoms with Crippen molar-refractivity contribution in [2.75, 3.05) is 18.0 Å². The number of halogens is 2. The van der Waals surface area contributed by atoms with Gasteiger partial charge in [0.2, 0.25) is 0 Å². The second-order valence-corrected chi connectivity index (χ2v) is 10.4. The number of carbonyl (C=O) groups is 1. The molecule has 2 atom stereocenters. The topological polar surface area (TPSA) is 102 Å². The third-order valence-electron chi connectivity index (χ3n) is 7.37. The van der Waals surface area contributed by atoms with Crippen LogP contribution in [0, 0.1) is 12.3 Å². The van der Waals surface area contributed by atoms with Gasteiger partial charge in [0.1, 0.15) is 0 Å². The molecule has 2 aliphatic carbocycles. The quantitative estimate of drug-likeness (QED) is 0.625. The number of carboxylic acids is 1. The van der Waals surface area contributed by atoms with Crippen molar-refractivity contribution < 1.29 is 14.6 Å². The highest BCUT2D eigenvalue weighted by Gasteiger charge is 2.49. The highest BCUT2D eigenvalue weighted by Crippen LogP contribution is 2.48. The van der Waals surface area contributed by atoms with Gasteiger partial charge in [0, 0.05) is 24.7 Å². The van der Waals surface area contributed by atoms with Gasteiger partial charge in [-0.3, -0.25) is 0 Å². The summed E-state index contributed by atoms with van der Waals surface area (Å²) in [4.78, 5) is 23.3. The third-order valence-corrected chi connectivity index (χ3v) is 8.19. The number of benzene rings is 1. The average Bonchev–Trinajstić information content (AvgIpc) is 3.54. The molecule has 0 unspecified atom stereocenters. The number of carboxylic acid groups (broad SMARTS) is 1. The molecule has 3 aliphatic rings. The predicted molar refractivity (Wildman–Crippen MR) is 128 cm³/mol. The molecule has 1 aliphatic heterocycles. The smallest absolute Gasteiger partial charge is 0.358 e. The van der Waals surface area contributed by atoms with Gasteiger partial charge >= 0.3 is 5.97 Å². The number of nitrogens with two attached hydrogens (primary N) is 1. The van der Waals surface area contributed by atoms with Crippen LogP contribution in [-0.4, -0.2) is 52.4 Å². The number of anilines is 1. The number of aromatic nitrogens is 2. The maximum absolute atomic E-state index is 12.1. The van der Waals surface area contributed by atoms with Crippen LogP contribution < -0.4 is 10.6 Å². The van der Waals surface area contributed by atoms with E-state index in [0.717, 1.165) is 25.7 Å². The second-order valence-electron chi connectivity index (χ2n) is 9.59. The Bertz CT molecular complexity index is 1080. The van der Waals surface area contributed by atoms with Gasteiger partial charge < -0.3 is 20.5 Å². The molecular formula is C24H28Cl2N4O3. The molecule has 9 heteroatoms. The lowest BCUT2D eigenvalue weighted by Crippen LogP contribution is -2.47. The van der Waals surface area contributed by atoms with Crippen molar-refractivity contribution in [1.82, 2.24) is 9.97 Å². The Morgan fingerprint density at radius 3 is 2.61 bits per heavy atom. The molecule has 33 heavy (non-hydrogen) atoms. The molecule has 5 rings (SSSR count). The van der Waals surface area contributed by atoms with E-state index in [9.17, 15) is 9.90 Å². The number of hydrogen-bond donors (Lipinski definition) is 2. The number of rotatable bonds is 5. The number of nitrogens with zero attached hydrogens (tertiary/aromatic N) is 3. The van der Waals surface area contributed by atoms with Crippen LogP contribution in [0.5, 0.6) is 0 Å². The molecule has 2 saturated carbocycles. The lowest BCUT2D eigenvalue weighted by Gasteiger charge is -2.42. The molecule has 2 aromatic rings. The van der Waals surface area contributed by atoms with Crippen LogP contribution in [0.15, 0.2) is 18.2 Å². The van der Waals surface area contributed by atoms with Gasteiger partial charge in [-0.2, -0.15) is 0 Å². The van der Waals surface area contributed by atoms with Gasteiger partial charge in [0.25, 0.3) is 0 Å². The van der Waals surface area contributed by atoms with Gasteiger partial charge in [-0.1, -0.05) is 35.3 Å².